The normalized spacial score (nSPS) is 11.9. The Morgan fingerprint density at radius 1 is 1.50 bits per heavy atom. The molecule has 0 spiro atoms. The minimum atomic E-state index is -0.224. The van der Waals surface area contributed by atoms with Crippen LogP contribution in [0.25, 0.3) is 0 Å². The van der Waals surface area contributed by atoms with Gasteiger partial charge >= 0.3 is 0 Å². The lowest BCUT2D eigenvalue weighted by molar-refractivity contribution is 0.0935. The van der Waals surface area contributed by atoms with Gasteiger partial charge in [0.1, 0.15) is 11.6 Å². The van der Waals surface area contributed by atoms with E-state index in [9.17, 15) is 4.79 Å². The highest BCUT2D eigenvalue weighted by Gasteiger charge is 2.16. The van der Waals surface area contributed by atoms with Crippen molar-refractivity contribution in [3.8, 4) is 5.75 Å². The molecule has 1 unspecified atom stereocenters. The van der Waals surface area contributed by atoms with E-state index in [-0.39, 0.29) is 11.9 Å². The Balaban J connectivity index is 2.12. The molecular weight excluding hydrogens is 232 g/mol. The largest absolute Gasteiger partial charge is 0.494 e. The van der Waals surface area contributed by atoms with Gasteiger partial charge < -0.3 is 15.0 Å². The molecule has 2 rings (SSSR count). The summed E-state index contributed by atoms with van der Waals surface area (Å²) in [7, 11) is 1.50. The molecule has 0 aromatic carbocycles. The molecule has 0 aliphatic carbocycles. The number of aromatic nitrogens is 3. The number of hydrogen-bond donors (Lipinski definition) is 2. The molecule has 2 aromatic rings. The first-order chi connectivity index (χ1) is 8.72. The number of H-pyrrole nitrogens is 1. The molecule has 6 nitrogen and oxygen atoms in total. The van der Waals surface area contributed by atoms with Crippen molar-refractivity contribution in [2.45, 2.75) is 13.0 Å². The molecule has 0 saturated heterocycles. The van der Waals surface area contributed by atoms with E-state index in [1.807, 2.05) is 6.92 Å². The number of amides is 1. The summed E-state index contributed by atoms with van der Waals surface area (Å²) in [6, 6.07) is 1.41. The SMILES string of the molecule is COc1cnccc1C(=O)NC(C)c1ncc[nH]1. The lowest BCUT2D eigenvalue weighted by Crippen LogP contribution is -2.27. The third-order valence-electron chi connectivity index (χ3n) is 2.53. The molecule has 0 aliphatic rings. The van der Waals surface area contributed by atoms with Crippen LogP contribution in [-0.4, -0.2) is 28.0 Å². The number of carbonyl (C=O) groups is 1. The van der Waals surface area contributed by atoms with Crippen molar-refractivity contribution in [1.29, 1.82) is 0 Å². The summed E-state index contributed by atoms with van der Waals surface area (Å²) in [5, 5.41) is 2.83. The molecule has 0 bridgehead atoms. The standard InChI is InChI=1S/C12H14N4O2/c1-8(11-14-5-6-15-11)16-12(17)9-3-4-13-7-10(9)18-2/h3-8H,1-2H3,(H,14,15)(H,16,17). The first kappa shape index (κ1) is 12.1. The monoisotopic (exact) mass is 246 g/mol. The number of rotatable bonds is 4. The third-order valence-corrected chi connectivity index (χ3v) is 2.53. The minimum Gasteiger partial charge on any atom is -0.494 e. The van der Waals surface area contributed by atoms with Crippen molar-refractivity contribution in [2.75, 3.05) is 7.11 Å². The number of hydrogen-bond acceptors (Lipinski definition) is 4. The molecule has 6 heteroatoms. The summed E-state index contributed by atoms with van der Waals surface area (Å²) >= 11 is 0. The van der Waals surface area contributed by atoms with Crippen LogP contribution in [0.5, 0.6) is 5.75 Å². The second kappa shape index (κ2) is 5.31. The van der Waals surface area contributed by atoms with Crippen molar-refractivity contribution >= 4 is 5.91 Å². The number of pyridine rings is 1. The molecule has 0 aliphatic heterocycles. The lowest BCUT2D eigenvalue weighted by Gasteiger charge is -2.13. The van der Waals surface area contributed by atoms with E-state index in [1.54, 1.807) is 24.7 Å². The molecule has 1 atom stereocenters. The molecule has 0 fully saturated rings. The molecular formula is C12H14N4O2. The Morgan fingerprint density at radius 2 is 2.33 bits per heavy atom. The summed E-state index contributed by atoms with van der Waals surface area (Å²) in [5.74, 6) is 0.927. The molecule has 0 saturated carbocycles. The average molecular weight is 246 g/mol. The van der Waals surface area contributed by atoms with Crippen LogP contribution in [0.3, 0.4) is 0 Å². The smallest absolute Gasteiger partial charge is 0.255 e. The first-order valence-corrected chi connectivity index (χ1v) is 5.50. The van der Waals surface area contributed by atoms with Crippen LogP contribution >= 0.6 is 0 Å². The van der Waals surface area contributed by atoms with Crippen LogP contribution in [0.15, 0.2) is 30.9 Å². The summed E-state index contributed by atoms with van der Waals surface area (Å²) in [4.78, 5) is 23.0. The van der Waals surface area contributed by atoms with Crippen molar-refractivity contribution in [1.82, 2.24) is 20.3 Å². The number of ether oxygens (including phenoxy) is 1. The van der Waals surface area contributed by atoms with Gasteiger partial charge in [0, 0.05) is 18.6 Å². The van der Waals surface area contributed by atoms with Crippen molar-refractivity contribution in [3.63, 3.8) is 0 Å². The zero-order chi connectivity index (χ0) is 13.0. The van der Waals surface area contributed by atoms with Gasteiger partial charge in [-0.1, -0.05) is 0 Å². The lowest BCUT2D eigenvalue weighted by atomic mass is 10.2. The topological polar surface area (TPSA) is 79.9 Å². The zero-order valence-corrected chi connectivity index (χ0v) is 10.2. The summed E-state index contributed by atoms with van der Waals surface area (Å²) < 4.78 is 5.09. The van der Waals surface area contributed by atoms with Gasteiger partial charge in [-0.15, -0.1) is 0 Å². The van der Waals surface area contributed by atoms with Gasteiger partial charge in [0.2, 0.25) is 0 Å². The average Bonchev–Trinajstić information content (AvgIpc) is 2.92. The number of nitrogens with one attached hydrogen (secondary N) is 2. The number of nitrogens with zero attached hydrogens (tertiary/aromatic N) is 2. The van der Waals surface area contributed by atoms with Gasteiger partial charge in [-0.2, -0.15) is 0 Å². The van der Waals surface area contributed by atoms with E-state index in [0.717, 1.165) is 0 Å². The second-order valence-corrected chi connectivity index (χ2v) is 3.75. The van der Waals surface area contributed by atoms with Crippen LogP contribution in [-0.2, 0) is 0 Å². The van der Waals surface area contributed by atoms with E-state index in [0.29, 0.717) is 17.1 Å². The molecule has 94 valence electrons. The van der Waals surface area contributed by atoms with Crippen LogP contribution in [0.2, 0.25) is 0 Å². The van der Waals surface area contributed by atoms with E-state index in [1.165, 1.54) is 13.3 Å². The Labute approximate surface area is 104 Å². The predicted octanol–water partition coefficient (Wildman–Crippen LogP) is 1.30. The van der Waals surface area contributed by atoms with E-state index < -0.39 is 0 Å². The molecule has 1 amide bonds. The third kappa shape index (κ3) is 2.48. The Morgan fingerprint density at radius 3 is 3.00 bits per heavy atom. The Bertz CT molecular complexity index is 525. The fourth-order valence-electron chi connectivity index (χ4n) is 1.59. The van der Waals surface area contributed by atoms with Crippen molar-refractivity contribution in [3.05, 3.63) is 42.2 Å². The Kier molecular flexibility index (Phi) is 3.57. The van der Waals surface area contributed by atoms with E-state index in [2.05, 4.69) is 20.3 Å². The van der Waals surface area contributed by atoms with Crippen LogP contribution < -0.4 is 10.1 Å². The van der Waals surface area contributed by atoms with Crippen LogP contribution in [0.1, 0.15) is 29.1 Å². The number of aromatic amines is 1. The second-order valence-electron chi connectivity index (χ2n) is 3.75. The zero-order valence-electron chi connectivity index (χ0n) is 10.2. The predicted molar refractivity (Wildman–Crippen MR) is 65.3 cm³/mol. The summed E-state index contributed by atoms with van der Waals surface area (Å²) in [6.45, 7) is 1.85. The highest BCUT2D eigenvalue weighted by Crippen LogP contribution is 2.16. The maximum absolute atomic E-state index is 12.1. The van der Waals surface area contributed by atoms with Gasteiger partial charge in [-0.3, -0.25) is 9.78 Å². The van der Waals surface area contributed by atoms with Crippen molar-refractivity contribution < 1.29 is 9.53 Å². The molecule has 2 N–H and O–H groups in total. The first-order valence-electron chi connectivity index (χ1n) is 5.50. The minimum absolute atomic E-state index is 0.203. The van der Waals surface area contributed by atoms with E-state index in [4.69, 9.17) is 4.74 Å². The quantitative estimate of drug-likeness (QED) is 0.852. The molecule has 18 heavy (non-hydrogen) atoms. The fraction of sp³-hybridized carbons (Fsp3) is 0.250. The number of imidazole rings is 1. The van der Waals surface area contributed by atoms with E-state index >= 15 is 0 Å². The van der Waals surface area contributed by atoms with Crippen LogP contribution in [0.4, 0.5) is 0 Å². The fourth-order valence-corrected chi connectivity index (χ4v) is 1.59. The summed E-state index contributed by atoms with van der Waals surface area (Å²) in [6.07, 6.45) is 6.41. The molecule has 0 radical (unpaired) electrons. The maximum atomic E-state index is 12.1. The van der Waals surface area contributed by atoms with Gasteiger partial charge in [0.05, 0.1) is 24.9 Å². The highest BCUT2D eigenvalue weighted by molar-refractivity contribution is 5.96. The molecule has 2 aromatic heterocycles. The maximum Gasteiger partial charge on any atom is 0.255 e. The van der Waals surface area contributed by atoms with Crippen molar-refractivity contribution in [2.24, 2.45) is 0 Å². The van der Waals surface area contributed by atoms with Gasteiger partial charge in [0.25, 0.3) is 5.91 Å². The van der Waals surface area contributed by atoms with Gasteiger partial charge in [-0.05, 0) is 13.0 Å². The van der Waals surface area contributed by atoms with Gasteiger partial charge in [0.15, 0.2) is 0 Å². The Hall–Kier alpha value is -2.37. The van der Waals surface area contributed by atoms with Crippen LogP contribution in [0, 0.1) is 0 Å². The summed E-state index contributed by atoms with van der Waals surface area (Å²) in [5.41, 5.74) is 0.450. The highest BCUT2D eigenvalue weighted by atomic mass is 16.5. The number of methoxy groups -OCH3 is 1. The number of carbonyl (C=O) groups excluding carboxylic acids is 1. The van der Waals surface area contributed by atoms with Gasteiger partial charge in [-0.25, -0.2) is 4.98 Å². The molecule has 2 heterocycles.